The number of nitrogens with one attached hydrogen (secondary N) is 2. The summed E-state index contributed by atoms with van der Waals surface area (Å²) in [6, 6.07) is 19.9. The quantitative estimate of drug-likeness (QED) is 0.465. The van der Waals surface area contributed by atoms with Crippen LogP contribution in [0.25, 0.3) is 33.5 Å². The second kappa shape index (κ2) is 7.68. The molecule has 0 aliphatic rings. The standard InChI is InChI=1S/C23H15N5O3/c29-22(25-16-7-3-5-14(11-16)21-27-23(30)31-28-21)18-12-20(15-6-4-10-24-13-15)26-19-9-2-1-8-17(18)19/h1-13H,(H,25,29)(H,27,28,30). The summed E-state index contributed by atoms with van der Waals surface area (Å²) in [4.78, 5) is 35.8. The number of pyridine rings is 2. The maximum absolute atomic E-state index is 13.2. The van der Waals surface area contributed by atoms with Crippen molar-refractivity contribution >= 4 is 22.5 Å². The maximum Gasteiger partial charge on any atom is 0.439 e. The summed E-state index contributed by atoms with van der Waals surface area (Å²) in [5.41, 5.74) is 3.84. The first-order chi connectivity index (χ1) is 15.2. The third-order valence-corrected chi connectivity index (χ3v) is 4.75. The van der Waals surface area contributed by atoms with E-state index < -0.39 is 5.76 Å². The molecule has 5 rings (SSSR count). The van der Waals surface area contributed by atoms with Crippen molar-refractivity contribution in [1.82, 2.24) is 20.1 Å². The molecule has 0 aliphatic carbocycles. The summed E-state index contributed by atoms with van der Waals surface area (Å²) in [6.07, 6.45) is 3.40. The zero-order chi connectivity index (χ0) is 21.2. The lowest BCUT2D eigenvalue weighted by Gasteiger charge is -2.11. The third-order valence-electron chi connectivity index (χ3n) is 4.75. The van der Waals surface area contributed by atoms with Crippen molar-refractivity contribution in [3.8, 4) is 22.6 Å². The van der Waals surface area contributed by atoms with Gasteiger partial charge in [-0.25, -0.2) is 9.78 Å². The van der Waals surface area contributed by atoms with Crippen LogP contribution in [0.15, 0.2) is 88.4 Å². The molecule has 0 saturated carbocycles. The molecule has 0 aliphatic heterocycles. The van der Waals surface area contributed by atoms with Crippen LogP contribution in [-0.2, 0) is 0 Å². The van der Waals surface area contributed by atoms with Crippen LogP contribution in [-0.4, -0.2) is 26.0 Å². The number of carbonyl (C=O) groups excluding carboxylic acids is 1. The molecule has 150 valence electrons. The Morgan fingerprint density at radius 1 is 0.968 bits per heavy atom. The molecule has 0 unspecified atom stereocenters. The van der Waals surface area contributed by atoms with Crippen LogP contribution < -0.4 is 11.1 Å². The second-order valence-electron chi connectivity index (χ2n) is 6.79. The largest absolute Gasteiger partial charge is 0.439 e. The van der Waals surface area contributed by atoms with Crippen molar-refractivity contribution in [2.24, 2.45) is 0 Å². The van der Waals surface area contributed by atoms with Gasteiger partial charge in [0.25, 0.3) is 5.91 Å². The van der Waals surface area contributed by atoms with Crippen LogP contribution in [0.5, 0.6) is 0 Å². The molecule has 0 saturated heterocycles. The lowest BCUT2D eigenvalue weighted by molar-refractivity contribution is 0.102. The van der Waals surface area contributed by atoms with E-state index in [1.54, 1.807) is 42.7 Å². The fraction of sp³-hybridized carbons (Fsp3) is 0. The number of aromatic nitrogens is 4. The van der Waals surface area contributed by atoms with Gasteiger partial charge in [0, 0.05) is 34.6 Å². The molecule has 5 aromatic rings. The average molecular weight is 409 g/mol. The predicted octanol–water partition coefficient (Wildman–Crippen LogP) is 3.89. The van der Waals surface area contributed by atoms with Gasteiger partial charge in [0.2, 0.25) is 0 Å². The molecule has 3 heterocycles. The first-order valence-corrected chi connectivity index (χ1v) is 9.45. The SMILES string of the molecule is O=C(Nc1cccc(-c2noc(=O)[nH]2)c1)c1cc(-c2cccnc2)nc2ccccc12. The number of benzene rings is 2. The van der Waals surface area contributed by atoms with Gasteiger partial charge in [-0.3, -0.25) is 19.3 Å². The van der Waals surface area contributed by atoms with E-state index in [0.29, 0.717) is 28.0 Å². The molecule has 0 atom stereocenters. The number of rotatable bonds is 4. The second-order valence-corrected chi connectivity index (χ2v) is 6.79. The number of nitrogens with zero attached hydrogens (tertiary/aromatic N) is 3. The molecule has 0 bridgehead atoms. The van der Waals surface area contributed by atoms with Crippen molar-refractivity contribution in [1.29, 1.82) is 0 Å². The zero-order valence-corrected chi connectivity index (χ0v) is 16.1. The Bertz CT molecular complexity index is 1460. The fourth-order valence-electron chi connectivity index (χ4n) is 3.32. The third kappa shape index (κ3) is 3.69. The minimum Gasteiger partial charge on any atom is -0.322 e. The molecule has 2 aromatic carbocycles. The zero-order valence-electron chi connectivity index (χ0n) is 16.1. The molecule has 0 spiro atoms. The Morgan fingerprint density at radius 2 is 1.84 bits per heavy atom. The van der Waals surface area contributed by atoms with E-state index in [1.807, 2.05) is 36.4 Å². The first kappa shape index (κ1) is 18.4. The van der Waals surface area contributed by atoms with E-state index in [4.69, 9.17) is 0 Å². The molecule has 2 N–H and O–H groups in total. The topological polar surface area (TPSA) is 114 Å². The summed E-state index contributed by atoms with van der Waals surface area (Å²) in [7, 11) is 0. The van der Waals surface area contributed by atoms with Crippen molar-refractivity contribution < 1.29 is 9.32 Å². The number of carbonyl (C=O) groups is 1. The number of anilines is 1. The highest BCUT2D eigenvalue weighted by Gasteiger charge is 2.15. The van der Waals surface area contributed by atoms with Crippen LogP contribution in [0.2, 0.25) is 0 Å². The summed E-state index contributed by atoms with van der Waals surface area (Å²) in [5, 5.41) is 7.33. The number of aromatic amines is 1. The lowest BCUT2D eigenvalue weighted by Crippen LogP contribution is -2.13. The number of hydrogen-bond donors (Lipinski definition) is 2. The van der Waals surface area contributed by atoms with Crippen LogP contribution in [0.3, 0.4) is 0 Å². The van der Waals surface area contributed by atoms with E-state index >= 15 is 0 Å². The Morgan fingerprint density at radius 3 is 2.65 bits per heavy atom. The lowest BCUT2D eigenvalue weighted by atomic mass is 10.0. The van der Waals surface area contributed by atoms with Gasteiger partial charge in [0.1, 0.15) is 0 Å². The van der Waals surface area contributed by atoms with Crippen molar-refractivity contribution in [2.45, 2.75) is 0 Å². The number of fused-ring (bicyclic) bond motifs is 1. The van der Waals surface area contributed by atoms with E-state index in [0.717, 1.165) is 10.9 Å². The van der Waals surface area contributed by atoms with Gasteiger partial charge in [0.15, 0.2) is 5.82 Å². The van der Waals surface area contributed by atoms with Gasteiger partial charge < -0.3 is 5.32 Å². The number of H-pyrrole nitrogens is 1. The van der Waals surface area contributed by atoms with Gasteiger partial charge in [-0.05, 0) is 36.4 Å². The predicted molar refractivity (Wildman–Crippen MR) is 115 cm³/mol. The van der Waals surface area contributed by atoms with Crippen LogP contribution in [0.1, 0.15) is 10.4 Å². The first-order valence-electron chi connectivity index (χ1n) is 9.45. The minimum atomic E-state index is -0.643. The summed E-state index contributed by atoms with van der Waals surface area (Å²) >= 11 is 0. The van der Waals surface area contributed by atoms with E-state index in [-0.39, 0.29) is 11.7 Å². The van der Waals surface area contributed by atoms with Gasteiger partial charge in [-0.2, -0.15) is 0 Å². The van der Waals surface area contributed by atoms with Crippen molar-refractivity contribution in [3.05, 3.63) is 95.2 Å². The Hall–Kier alpha value is -4.59. The monoisotopic (exact) mass is 409 g/mol. The van der Waals surface area contributed by atoms with Crippen molar-refractivity contribution in [3.63, 3.8) is 0 Å². The number of amides is 1. The molecule has 3 aromatic heterocycles. The highest BCUT2D eigenvalue weighted by molar-refractivity contribution is 6.13. The molecule has 0 radical (unpaired) electrons. The van der Waals surface area contributed by atoms with Gasteiger partial charge >= 0.3 is 5.76 Å². The Kier molecular flexibility index (Phi) is 4.57. The summed E-state index contributed by atoms with van der Waals surface area (Å²) < 4.78 is 4.55. The van der Waals surface area contributed by atoms with E-state index in [2.05, 4.69) is 29.9 Å². The van der Waals surface area contributed by atoms with Gasteiger partial charge in [-0.1, -0.05) is 35.5 Å². The van der Waals surface area contributed by atoms with Gasteiger partial charge in [0.05, 0.1) is 16.8 Å². The van der Waals surface area contributed by atoms with Crippen LogP contribution >= 0.6 is 0 Å². The molecular formula is C23H15N5O3. The summed E-state index contributed by atoms with van der Waals surface area (Å²) in [5.74, 6) is -0.639. The minimum absolute atomic E-state index is 0.283. The van der Waals surface area contributed by atoms with E-state index in [9.17, 15) is 9.59 Å². The highest BCUT2D eigenvalue weighted by Crippen LogP contribution is 2.26. The van der Waals surface area contributed by atoms with Crippen molar-refractivity contribution in [2.75, 3.05) is 5.32 Å². The maximum atomic E-state index is 13.2. The molecule has 0 fully saturated rings. The molecule has 31 heavy (non-hydrogen) atoms. The normalized spacial score (nSPS) is 10.8. The average Bonchev–Trinajstić information content (AvgIpc) is 3.25. The van der Waals surface area contributed by atoms with Crippen LogP contribution in [0, 0.1) is 0 Å². The highest BCUT2D eigenvalue weighted by atomic mass is 16.5. The fourth-order valence-corrected chi connectivity index (χ4v) is 3.32. The van der Waals surface area contributed by atoms with Gasteiger partial charge in [-0.15, -0.1) is 0 Å². The number of hydrogen-bond acceptors (Lipinski definition) is 6. The molecule has 1 amide bonds. The van der Waals surface area contributed by atoms with Crippen LogP contribution in [0.4, 0.5) is 5.69 Å². The smallest absolute Gasteiger partial charge is 0.322 e. The van der Waals surface area contributed by atoms with E-state index in [1.165, 1.54) is 0 Å². The molecule has 8 nitrogen and oxygen atoms in total. The Balaban J connectivity index is 1.53. The summed E-state index contributed by atoms with van der Waals surface area (Å²) in [6.45, 7) is 0. The molecular weight excluding hydrogens is 394 g/mol. The molecule has 8 heteroatoms. The number of para-hydroxylation sites is 1. The Labute approximate surface area is 175 Å².